The van der Waals surface area contributed by atoms with Crippen molar-refractivity contribution in [3.05, 3.63) is 12.7 Å². The lowest BCUT2D eigenvalue weighted by molar-refractivity contribution is -0.134. The molecule has 0 aliphatic carbocycles. The summed E-state index contributed by atoms with van der Waals surface area (Å²) < 4.78 is 5.50. The van der Waals surface area contributed by atoms with Crippen LogP contribution in [-0.4, -0.2) is 24.7 Å². The Morgan fingerprint density at radius 3 is 2.38 bits per heavy atom. The molecule has 3 heteroatoms. The Morgan fingerprint density at radius 2 is 2.00 bits per heavy atom. The molecular formula is C13H25NO2. The Balaban J connectivity index is 4.40. The maximum Gasteiger partial charge on any atom is 0.249 e. The number of nitrogens with one attached hydrogen (secondary N) is 1. The van der Waals surface area contributed by atoms with Crippen molar-refractivity contribution in [1.29, 1.82) is 0 Å². The third-order valence-corrected chi connectivity index (χ3v) is 1.94. The minimum Gasteiger partial charge on any atom is -0.364 e. The molecule has 1 amide bonds. The monoisotopic (exact) mass is 227 g/mol. The van der Waals surface area contributed by atoms with Gasteiger partial charge in [-0.2, -0.15) is 0 Å². The molecule has 0 fully saturated rings. The zero-order chi connectivity index (χ0) is 12.8. The highest BCUT2D eigenvalue weighted by Gasteiger charge is 2.25. The average molecular weight is 227 g/mol. The van der Waals surface area contributed by atoms with E-state index >= 15 is 0 Å². The highest BCUT2D eigenvalue weighted by atomic mass is 16.5. The molecule has 0 aromatic rings. The highest BCUT2D eigenvalue weighted by Crippen LogP contribution is 2.22. The minimum absolute atomic E-state index is 0.0354. The Hall–Kier alpha value is -0.830. The van der Waals surface area contributed by atoms with Crippen LogP contribution >= 0.6 is 0 Å². The van der Waals surface area contributed by atoms with Crippen LogP contribution in [0.5, 0.6) is 0 Å². The molecule has 0 rings (SSSR count). The van der Waals surface area contributed by atoms with E-state index in [1.54, 1.807) is 6.08 Å². The molecule has 0 saturated heterocycles. The molecule has 3 nitrogen and oxygen atoms in total. The molecule has 94 valence electrons. The van der Waals surface area contributed by atoms with Gasteiger partial charge in [0.2, 0.25) is 5.91 Å². The lowest BCUT2D eigenvalue weighted by Crippen LogP contribution is -2.41. The van der Waals surface area contributed by atoms with Gasteiger partial charge >= 0.3 is 0 Å². The van der Waals surface area contributed by atoms with Crippen molar-refractivity contribution in [3.63, 3.8) is 0 Å². The van der Waals surface area contributed by atoms with Gasteiger partial charge in [-0.15, -0.1) is 6.58 Å². The summed E-state index contributed by atoms with van der Waals surface area (Å²) in [6.07, 6.45) is 1.98. The lowest BCUT2D eigenvalue weighted by atomic mass is 9.89. The Morgan fingerprint density at radius 1 is 1.44 bits per heavy atom. The summed E-state index contributed by atoms with van der Waals surface area (Å²) in [4.78, 5) is 11.9. The van der Waals surface area contributed by atoms with Crippen molar-refractivity contribution >= 4 is 5.91 Å². The Kier molecular flexibility index (Phi) is 6.34. The molecule has 16 heavy (non-hydrogen) atoms. The molecule has 0 aliphatic heterocycles. The second-order valence-electron chi connectivity index (χ2n) is 5.54. The Labute approximate surface area is 99.3 Å². The van der Waals surface area contributed by atoms with E-state index in [0.29, 0.717) is 13.0 Å². The average Bonchev–Trinajstić information content (AvgIpc) is 2.09. The third kappa shape index (κ3) is 7.46. The van der Waals surface area contributed by atoms with E-state index in [2.05, 4.69) is 32.7 Å². The van der Waals surface area contributed by atoms with E-state index in [0.717, 1.165) is 0 Å². The summed E-state index contributed by atoms with van der Waals surface area (Å²) in [5, 5.41) is 2.88. The smallest absolute Gasteiger partial charge is 0.249 e. The number of carbonyl (C=O) groups is 1. The number of hydrogen-bond acceptors (Lipinski definition) is 2. The van der Waals surface area contributed by atoms with Crippen LogP contribution in [0.25, 0.3) is 0 Å². The van der Waals surface area contributed by atoms with Gasteiger partial charge in [-0.05, 0) is 25.7 Å². The van der Waals surface area contributed by atoms with Crippen molar-refractivity contribution in [1.82, 2.24) is 5.32 Å². The van der Waals surface area contributed by atoms with E-state index in [-0.39, 0.29) is 23.5 Å². The summed E-state index contributed by atoms with van der Waals surface area (Å²) in [7, 11) is 0. The van der Waals surface area contributed by atoms with Gasteiger partial charge in [-0.25, -0.2) is 0 Å². The highest BCUT2D eigenvalue weighted by molar-refractivity contribution is 5.81. The molecule has 0 aromatic heterocycles. The normalized spacial score (nSPS) is 13.6. The topological polar surface area (TPSA) is 38.3 Å². The maximum absolute atomic E-state index is 11.9. The van der Waals surface area contributed by atoms with Crippen molar-refractivity contribution in [2.75, 3.05) is 6.61 Å². The molecule has 0 aromatic carbocycles. The summed E-state index contributed by atoms with van der Waals surface area (Å²) in [5.74, 6) is -0.0354. The van der Waals surface area contributed by atoms with Gasteiger partial charge in [0.15, 0.2) is 0 Å². The summed E-state index contributed by atoms with van der Waals surface area (Å²) in [5.41, 5.74) is 0.0696. The second kappa shape index (κ2) is 6.69. The van der Waals surface area contributed by atoms with Gasteiger partial charge in [-0.1, -0.05) is 26.8 Å². The molecule has 0 heterocycles. The fraction of sp³-hybridized carbons (Fsp3) is 0.769. The van der Waals surface area contributed by atoms with E-state index in [1.807, 2.05) is 13.8 Å². The predicted molar refractivity (Wildman–Crippen MR) is 67.3 cm³/mol. The van der Waals surface area contributed by atoms with E-state index < -0.39 is 0 Å². The second-order valence-corrected chi connectivity index (χ2v) is 5.54. The third-order valence-electron chi connectivity index (χ3n) is 1.94. The first-order chi connectivity index (χ1) is 7.26. The Bertz CT molecular complexity index is 229. The van der Waals surface area contributed by atoms with E-state index in [1.165, 1.54) is 0 Å². The van der Waals surface area contributed by atoms with Gasteiger partial charge in [0.1, 0.15) is 6.10 Å². The van der Waals surface area contributed by atoms with Crippen LogP contribution in [0.4, 0.5) is 0 Å². The number of amides is 1. The van der Waals surface area contributed by atoms with Gasteiger partial charge < -0.3 is 10.1 Å². The van der Waals surface area contributed by atoms with Gasteiger partial charge in [0.25, 0.3) is 0 Å². The summed E-state index contributed by atoms with van der Waals surface area (Å²) >= 11 is 0. The maximum atomic E-state index is 11.9. The molecular weight excluding hydrogens is 202 g/mol. The quantitative estimate of drug-likeness (QED) is 0.708. The summed E-state index contributed by atoms with van der Waals surface area (Å²) in [6.45, 7) is 14.2. The van der Waals surface area contributed by atoms with Crippen molar-refractivity contribution in [3.8, 4) is 0 Å². The molecule has 0 spiro atoms. The summed E-state index contributed by atoms with van der Waals surface area (Å²) in [6, 6.07) is 0.141. The number of hydrogen-bond donors (Lipinski definition) is 1. The van der Waals surface area contributed by atoms with Crippen molar-refractivity contribution in [2.24, 2.45) is 5.41 Å². The van der Waals surface area contributed by atoms with E-state index in [9.17, 15) is 4.79 Å². The van der Waals surface area contributed by atoms with Crippen molar-refractivity contribution in [2.45, 2.75) is 53.2 Å². The fourth-order valence-corrected chi connectivity index (χ4v) is 1.35. The SMILES string of the molecule is C=CCOC(CC(C)(C)C)C(=O)NC(C)C. The van der Waals surface area contributed by atoms with Crippen molar-refractivity contribution < 1.29 is 9.53 Å². The van der Waals surface area contributed by atoms with Crippen LogP contribution in [0.15, 0.2) is 12.7 Å². The molecule has 1 unspecified atom stereocenters. The first kappa shape index (κ1) is 15.2. The lowest BCUT2D eigenvalue weighted by Gasteiger charge is -2.25. The zero-order valence-electron chi connectivity index (χ0n) is 11.2. The number of ether oxygens (including phenoxy) is 1. The van der Waals surface area contributed by atoms with Gasteiger partial charge in [0, 0.05) is 6.04 Å². The van der Waals surface area contributed by atoms with Crippen LogP contribution in [0.1, 0.15) is 41.0 Å². The largest absolute Gasteiger partial charge is 0.364 e. The minimum atomic E-state index is -0.389. The number of rotatable bonds is 6. The van der Waals surface area contributed by atoms with Gasteiger partial charge in [0.05, 0.1) is 6.61 Å². The van der Waals surface area contributed by atoms with Gasteiger partial charge in [-0.3, -0.25) is 4.79 Å². The predicted octanol–water partition coefficient (Wildman–Crippen LogP) is 2.52. The fourth-order valence-electron chi connectivity index (χ4n) is 1.35. The standard InChI is InChI=1S/C13H25NO2/c1-7-8-16-11(9-13(4,5)6)12(15)14-10(2)3/h7,10-11H,1,8-9H2,2-6H3,(H,14,15). The van der Waals surface area contributed by atoms with Crippen LogP contribution in [0.2, 0.25) is 0 Å². The molecule has 0 bridgehead atoms. The van der Waals surface area contributed by atoms with Crippen LogP contribution in [0, 0.1) is 5.41 Å². The zero-order valence-corrected chi connectivity index (χ0v) is 11.2. The van der Waals surface area contributed by atoms with E-state index in [4.69, 9.17) is 4.74 Å². The first-order valence-electron chi connectivity index (χ1n) is 5.79. The number of carbonyl (C=O) groups excluding carboxylic acids is 1. The first-order valence-corrected chi connectivity index (χ1v) is 5.79. The molecule has 0 aliphatic rings. The molecule has 1 N–H and O–H groups in total. The van der Waals surface area contributed by atoms with Crippen LogP contribution < -0.4 is 5.32 Å². The van der Waals surface area contributed by atoms with Crippen LogP contribution in [-0.2, 0) is 9.53 Å². The molecule has 1 atom stereocenters. The molecule has 0 saturated carbocycles. The molecule has 0 radical (unpaired) electrons. The van der Waals surface area contributed by atoms with Crippen LogP contribution in [0.3, 0.4) is 0 Å².